The molecule has 3 aromatic carbocycles. The summed E-state index contributed by atoms with van der Waals surface area (Å²) in [7, 11) is -3.41. The van der Waals surface area contributed by atoms with E-state index in [4.69, 9.17) is 11.6 Å². The van der Waals surface area contributed by atoms with Crippen molar-refractivity contribution in [3.8, 4) is 0 Å². The van der Waals surface area contributed by atoms with Crippen molar-refractivity contribution in [1.29, 1.82) is 0 Å². The standard InChI is InChI=1S/C28H28ClN3O4S/c1-19-18-21(27(33)32-16-13-28(34,14-17-32)22-8-2-3-9-23(22)29)11-12-24(19)31-37(35,36)25-10-4-6-20-7-5-15-30-26(20)25/h2-12,15,18,31,34-36H,13-14,16-17H2,1H3. The molecule has 0 unspecified atom stereocenters. The summed E-state index contributed by atoms with van der Waals surface area (Å²) in [5, 5.41) is 12.5. The molecule has 1 fully saturated rings. The number of hydrogen-bond donors (Lipinski definition) is 4. The first-order chi connectivity index (χ1) is 17.7. The van der Waals surface area contributed by atoms with Crippen molar-refractivity contribution < 1.29 is 19.0 Å². The van der Waals surface area contributed by atoms with Gasteiger partial charge in [0.2, 0.25) is 0 Å². The first kappa shape index (κ1) is 25.5. The van der Waals surface area contributed by atoms with Crippen LogP contribution in [0.15, 0.2) is 83.9 Å². The van der Waals surface area contributed by atoms with Gasteiger partial charge in [-0.15, -0.1) is 0 Å². The molecule has 1 aliphatic heterocycles. The number of nitrogens with one attached hydrogen (secondary N) is 1. The van der Waals surface area contributed by atoms with E-state index in [0.29, 0.717) is 63.7 Å². The fourth-order valence-electron chi connectivity index (χ4n) is 4.80. The molecule has 192 valence electrons. The lowest BCUT2D eigenvalue weighted by Crippen LogP contribution is -2.45. The minimum atomic E-state index is -3.41. The predicted molar refractivity (Wildman–Crippen MR) is 148 cm³/mol. The van der Waals surface area contributed by atoms with E-state index in [-0.39, 0.29) is 5.91 Å². The van der Waals surface area contributed by atoms with E-state index < -0.39 is 16.4 Å². The Morgan fingerprint density at radius 3 is 2.49 bits per heavy atom. The van der Waals surface area contributed by atoms with Crippen molar-refractivity contribution >= 4 is 44.9 Å². The van der Waals surface area contributed by atoms with Gasteiger partial charge >= 0.3 is 0 Å². The summed E-state index contributed by atoms with van der Waals surface area (Å²) in [6.45, 7) is 2.60. The zero-order valence-electron chi connectivity index (χ0n) is 20.3. The maximum atomic E-state index is 13.2. The third kappa shape index (κ3) is 5.03. The first-order valence-corrected chi connectivity index (χ1v) is 13.9. The number of anilines is 1. The number of rotatable bonds is 5. The van der Waals surface area contributed by atoms with Crippen LogP contribution in [0.1, 0.15) is 34.3 Å². The number of halogens is 1. The molecule has 9 heteroatoms. The van der Waals surface area contributed by atoms with Crippen LogP contribution in [0.4, 0.5) is 5.69 Å². The number of carbonyl (C=O) groups is 1. The van der Waals surface area contributed by atoms with E-state index in [2.05, 4.69) is 9.71 Å². The van der Waals surface area contributed by atoms with E-state index in [9.17, 15) is 19.0 Å². The summed E-state index contributed by atoms with van der Waals surface area (Å²) in [6, 6.07) is 21.3. The molecule has 0 bridgehead atoms. The topological polar surface area (TPSA) is 106 Å². The quantitative estimate of drug-likeness (QED) is 0.233. The number of benzene rings is 3. The molecule has 2 heterocycles. The summed E-state index contributed by atoms with van der Waals surface area (Å²) in [4.78, 5) is 19.6. The Hall–Kier alpha value is -3.14. The Kier molecular flexibility index (Phi) is 6.87. The summed E-state index contributed by atoms with van der Waals surface area (Å²) >= 11 is 6.30. The van der Waals surface area contributed by atoms with E-state index in [1.54, 1.807) is 53.6 Å². The fraction of sp³-hybridized carbons (Fsp3) is 0.214. The van der Waals surface area contributed by atoms with Gasteiger partial charge in [0.15, 0.2) is 0 Å². The number of para-hydroxylation sites is 1. The van der Waals surface area contributed by atoms with Crippen molar-refractivity contribution in [2.45, 2.75) is 30.3 Å². The van der Waals surface area contributed by atoms with Crippen LogP contribution in [0.25, 0.3) is 10.9 Å². The predicted octanol–water partition coefficient (Wildman–Crippen LogP) is 6.46. The van der Waals surface area contributed by atoms with Gasteiger partial charge in [-0.25, -0.2) is 0 Å². The number of fused-ring (bicyclic) bond motifs is 1. The number of aromatic nitrogens is 1. The van der Waals surface area contributed by atoms with Crippen molar-refractivity contribution in [2.24, 2.45) is 0 Å². The van der Waals surface area contributed by atoms with Crippen LogP contribution < -0.4 is 4.72 Å². The molecule has 0 radical (unpaired) electrons. The fourth-order valence-corrected chi connectivity index (χ4v) is 6.46. The van der Waals surface area contributed by atoms with Crippen LogP contribution in [0.2, 0.25) is 5.02 Å². The van der Waals surface area contributed by atoms with Crippen LogP contribution in [-0.4, -0.2) is 43.1 Å². The highest BCUT2D eigenvalue weighted by Gasteiger charge is 2.37. The number of piperidine rings is 1. The van der Waals surface area contributed by atoms with Crippen molar-refractivity contribution in [1.82, 2.24) is 9.88 Å². The Bertz CT molecular complexity index is 1470. The number of carbonyl (C=O) groups excluding carboxylic acids is 1. The van der Waals surface area contributed by atoms with Gasteiger partial charge < -0.3 is 10.0 Å². The van der Waals surface area contributed by atoms with Gasteiger partial charge in [-0.3, -0.25) is 23.6 Å². The van der Waals surface area contributed by atoms with Gasteiger partial charge in [-0.2, -0.15) is 0 Å². The smallest absolute Gasteiger partial charge is 0.253 e. The molecule has 1 amide bonds. The van der Waals surface area contributed by atoms with Crippen LogP contribution in [-0.2, 0) is 5.60 Å². The largest absolute Gasteiger partial charge is 0.385 e. The summed E-state index contributed by atoms with van der Waals surface area (Å²) in [6.07, 6.45) is 2.39. The molecule has 5 rings (SSSR count). The van der Waals surface area contributed by atoms with Crippen LogP contribution in [0, 0.1) is 6.92 Å². The highest BCUT2D eigenvalue weighted by molar-refractivity contribution is 8.25. The normalized spacial score (nSPS) is 16.0. The molecule has 0 atom stereocenters. The van der Waals surface area contributed by atoms with Crippen LogP contribution in [0.3, 0.4) is 0 Å². The van der Waals surface area contributed by atoms with E-state index in [1.165, 1.54) is 0 Å². The lowest BCUT2D eigenvalue weighted by atomic mass is 9.84. The maximum Gasteiger partial charge on any atom is 0.253 e. The minimum absolute atomic E-state index is 0.138. The van der Waals surface area contributed by atoms with Gasteiger partial charge in [-0.1, -0.05) is 58.8 Å². The van der Waals surface area contributed by atoms with Gasteiger partial charge in [0, 0.05) is 40.8 Å². The lowest BCUT2D eigenvalue weighted by molar-refractivity contribution is -0.0210. The molecule has 0 spiro atoms. The lowest BCUT2D eigenvalue weighted by Gasteiger charge is -2.39. The molecule has 37 heavy (non-hydrogen) atoms. The number of hydrogen-bond acceptors (Lipinski definition) is 6. The van der Waals surface area contributed by atoms with Gasteiger partial charge in [-0.05, 0) is 61.7 Å². The van der Waals surface area contributed by atoms with Crippen LogP contribution >= 0.6 is 22.4 Å². The molecule has 1 saturated heterocycles. The van der Waals surface area contributed by atoms with Gasteiger partial charge in [0.05, 0.1) is 16.8 Å². The number of aryl methyl sites for hydroxylation is 1. The molecule has 7 nitrogen and oxygen atoms in total. The number of likely N-dealkylation sites (tertiary alicyclic amines) is 1. The highest BCUT2D eigenvalue weighted by atomic mass is 35.5. The number of nitrogens with zero attached hydrogens (tertiary/aromatic N) is 2. The van der Waals surface area contributed by atoms with E-state index in [0.717, 1.165) is 5.39 Å². The third-order valence-corrected chi connectivity index (χ3v) is 8.66. The van der Waals surface area contributed by atoms with Gasteiger partial charge in [0.25, 0.3) is 5.91 Å². The summed E-state index contributed by atoms with van der Waals surface area (Å²) < 4.78 is 24.8. The minimum Gasteiger partial charge on any atom is -0.385 e. The Morgan fingerprint density at radius 1 is 1.03 bits per heavy atom. The van der Waals surface area contributed by atoms with E-state index >= 15 is 0 Å². The zero-order chi connectivity index (χ0) is 26.2. The molecule has 0 aliphatic carbocycles. The van der Waals surface area contributed by atoms with Gasteiger partial charge in [0.1, 0.15) is 4.90 Å². The molecule has 1 aliphatic rings. The number of amides is 1. The second kappa shape index (κ2) is 9.96. The van der Waals surface area contributed by atoms with Crippen LogP contribution in [0.5, 0.6) is 0 Å². The average molecular weight is 538 g/mol. The SMILES string of the molecule is Cc1cc(C(=O)N2CCC(O)(c3ccccc3Cl)CC2)ccc1NS(O)(O)c1cccc2cccnc12. The Balaban J connectivity index is 1.30. The van der Waals surface area contributed by atoms with Crippen molar-refractivity contribution in [3.63, 3.8) is 0 Å². The van der Waals surface area contributed by atoms with Crippen molar-refractivity contribution in [2.75, 3.05) is 17.8 Å². The Morgan fingerprint density at radius 2 is 1.76 bits per heavy atom. The molecule has 4 aromatic rings. The first-order valence-electron chi connectivity index (χ1n) is 11.9. The summed E-state index contributed by atoms with van der Waals surface area (Å²) in [5.41, 5.74) is 1.84. The van der Waals surface area contributed by atoms with Crippen molar-refractivity contribution in [3.05, 3.63) is 101 Å². The molecule has 4 N–H and O–H groups in total. The second-order valence-corrected chi connectivity index (χ2v) is 11.5. The zero-order valence-corrected chi connectivity index (χ0v) is 21.8. The summed E-state index contributed by atoms with van der Waals surface area (Å²) in [5.74, 6) is -0.138. The Labute approximate surface area is 222 Å². The molecule has 0 saturated carbocycles. The number of pyridine rings is 1. The third-order valence-electron chi connectivity index (χ3n) is 6.88. The molecular weight excluding hydrogens is 510 g/mol. The maximum absolute atomic E-state index is 13.2. The van der Waals surface area contributed by atoms with E-state index in [1.807, 2.05) is 37.3 Å². The monoisotopic (exact) mass is 537 g/mol. The average Bonchev–Trinajstić information content (AvgIpc) is 2.89. The molecule has 1 aromatic heterocycles. The second-order valence-electron chi connectivity index (χ2n) is 9.32. The number of aliphatic hydroxyl groups is 1. The molecular formula is C28H28ClN3O4S. The highest BCUT2D eigenvalue weighted by Crippen LogP contribution is 2.50.